The Morgan fingerprint density at radius 1 is 1.60 bits per heavy atom. The van der Waals surface area contributed by atoms with Gasteiger partial charge in [-0.2, -0.15) is 0 Å². The van der Waals surface area contributed by atoms with Crippen LogP contribution in [0.1, 0.15) is 6.92 Å². The zero-order valence-corrected chi connectivity index (χ0v) is 8.91. The molecule has 0 bridgehead atoms. The number of hydrogen-bond acceptors (Lipinski definition) is 5. The third kappa shape index (κ3) is 3.49. The second kappa shape index (κ2) is 5.67. The third-order valence-corrected chi connectivity index (χ3v) is 2.13. The lowest BCUT2D eigenvalue weighted by atomic mass is 10.2. The number of amides is 1. The number of methoxy groups -OCH3 is 1. The van der Waals surface area contributed by atoms with Crippen LogP contribution in [0.15, 0.2) is 0 Å². The van der Waals surface area contributed by atoms with Crippen LogP contribution in [0.5, 0.6) is 0 Å². The Balaban J connectivity index is 2.36. The lowest BCUT2D eigenvalue weighted by molar-refractivity contribution is -0.146. The SMILES string of the molecule is COC(=O)[C@H](C)NC(=O)[C@H]1CNCCO1. The zero-order valence-electron chi connectivity index (χ0n) is 8.91. The molecule has 0 saturated carbocycles. The number of ether oxygens (including phenoxy) is 2. The second-order valence-electron chi connectivity index (χ2n) is 3.32. The number of esters is 1. The highest BCUT2D eigenvalue weighted by atomic mass is 16.5. The quantitative estimate of drug-likeness (QED) is 0.571. The van der Waals surface area contributed by atoms with Gasteiger partial charge in [0.1, 0.15) is 12.1 Å². The molecule has 1 aliphatic heterocycles. The van der Waals surface area contributed by atoms with Crippen LogP contribution in [0.3, 0.4) is 0 Å². The van der Waals surface area contributed by atoms with Crippen molar-refractivity contribution in [2.45, 2.75) is 19.1 Å². The molecule has 1 fully saturated rings. The molecule has 1 aliphatic rings. The summed E-state index contributed by atoms with van der Waals surface area (Å²) in [5, 5.41) is 5.55. The van der Waals surface area contributed by atoms with Gasteiger partial charge in [-0.15, -0.1) is 0 Å². The van der Waals surface area contributed by atoms with E-state index in [0.717, 1.165) is 6.54 Å². The van der Waals surface area contributed by atoms with Gasteiger partial charge in [0, 0.05) is 13.1 Å². The zero-order chi connectivity index (χ0) is 11.3. The van der Waals surface area contributed by atoms with Crippen LogP contribution < -0.4 is 10.6 Å². The minimum absolute atomic E-state index is 0.292. The number of carbonyl (C=O) groups is 2. The first-order valence-electron chi connectivity index (χ1n) is 4.85. The molecule has 0 aliphatic carbocycles. The first-order valence-corrected chi connectivity index (χ1v) is 4.85. The summed E-state index contributed by atoms with van der Waals surface area (Å²) in [4.78, 5) is 22.6. The largest absolute Gasteiger partial charge is 0.467 e. The maximum absolute atomic E-state index is 11.5. The molecule has 0 aromatic heterocycles. The lowest BCUT2D eigenvalue weighted by Gasteiger charge is -2.23. The van der Waals surface area contributed by atoms with Crippen molar-refractivity contribution >= 4 is 11.9 Å². The summed E-state index contributed by atoms with van der Waals surface area (Å²) in [6, 6.07) is -0.645. The third-order valence-electron chi connectivity index (χ3n) is 2.13. The topological polar surface area (TPSA) is 76.7 Å². The van der Waals surface area contributed by atoms with Crippen LogP contribution in [0.2, 0.25) is 0 Å². The van der Waals surface area contributed by atoms with E-state index in [-0.39, 0.29) is 5.91 Å². The predicted molar refractivity (Wildman–Crippen MR) is 52.2 cm³/mol. The smallest absolute Gasteiger partial charge is 0.328 e. The molecular weight excluding hydrogens is 200 g/mol. The van der Waals surface area contributed by atoms with Crippen molar-refractivity contribution in [3.8, 4) is 0 Å². The molecule has 1 saturated heterocycles. The van der Waals surface area contributed by atoms with Crippen LogP contribution >= 0.6 is 0 Å². The average molecular weight is 216 g/mol. The van der Waals surface area contributed by atoms with Crippen molar-refractivity contribution in [2.75, 3.05) is 26.8 Å². The van der Waals surface area contributed by atoms with Gasteiger partial charge in [0.25, 0.3) is 5.91 Å². The second-order valence-corrected chi connectivity index (χ2v) is 3.32. The Hall–Kier alpha value is -1.14. The van der Waals surface area contributed by atoms with Gasteiger partial charge >= 0.3 is 5.97 Å². The molecule has 86 valence electrons. The Morgan fingerprint density at radius 2 is 2.33 bits per heavy atom. The monoisotopic (exact) mass is 216 g/mol. The number of morpholine rings is 1. The molecule has 0 spiro atoms. The van der Waals surface area contributed by atoms with Gasteiger partial charge in [-0.05, 0) is 6.92 Å². The van der Waals surface area contributed by atoms with Gasteiger partial charge in [0.15, 0.2) is 0 Å². The van der Waals surface area contributed by atoms with Crippen LogP contribution in [0.4, 0.5) is 0 Å². The van der Waals surface area contributed by atoms with Gasteiger partial charge < -0.3 is 20.1 Å². The fourth-order valence-corrected chi connectivity index (χ4v) is 1.28. The maximum atomic E-state index is 11.5. The highest BCUT2D eigenvalue weighted by molar-refractivity contribution is 5.86. The Morgan fingerprint density at radius 3 is 2.87 bits per heavy atom. The molecule has 6 nitrogen and oxygen atoms in total. The van der Waals surface area contributed by atoms with Crippen molar-refractivity contribution in [3.63, 3.8) is 0 Å². The van der Waals surface area contributed by atoms with Crippen LogP contribution in [0, 0.1) is 0 Å². The predicted octanol–water partition coefficient (Wildman–Crippen LogP) is -1.35. The van der Waals surface area contributed by atoms with Crippen LogP contribution in [0.25, 0.3) is 0 Å². The Labute approximate surface area is 88.3 Å². The molecule has 0 radical (unpaired) electrons. The lowest BCUT2D eigenvalue weighted by Crippen LogP contribution is -2.51. The standard InChI is InChI=1S/C9H16N2O4/c1-6(9(13)14-2)11-8(12)7-5-10-3-4-15-7/h6-7,10H,3-5H2,1-2H3,(H,11,12)/t6-,7+/m0/s1. The molecule has 6 heteroatoms. The van der Waals surface area contributed by atoms with E-state index in [2.05, 4.69) is 15.4 Å². The summed E-state index contributed by atoms with van der Waals surface area (Å²) in [7, 11) is 1.28. The number of nitrogens with one attached hydrogen (secondary N) is 2. The summed E-state index contributed by atoms with van der Waals surface area (Å²) in [6.45, 7) is 3.29. The summed E-state index contributed by atoms with van der Waals surface area (Å²) in [6.07, 6.45) is -0.522. The summed E-state index contributed by atoms with van der Waals surface area (Å²) in [5.41, 5.74) is 0. The first kappa shape index (κ1) is 11.9. The Bertz CT molecular complexity index is 238. The molecule has 2 N–H and O–H groups in total. The number of rotatable bonds is 3. The number of hydrogen-bond donors (Lipinski definition) is 2. The molecular formula is C9H16N2O4. The van der Waals surface area contributed by atoms with Crippen LogP contribution in [-0.2, 0) is 19.1 Å². The molecule has 15 heavy (non-hydrogen) atoms. The van der Waals surface area contributed by atoms with Gasteiger partial charge in [0.05, 0.1) is 13.7 Å². The highest BCUT2D eigenvalue weighted by Crippen LogP contribution is 1.97. The van der Waals surface area contributed by atoms with Gasteiger partial charge in [-0.25, -0.2) is 4.79 Å². The van der Waals surface area contributed by atoms with Crippen molar-refractivity contribution < 1.29 is 19.1 Å². The Kier molecular flexibility index (Phi) is 4.51. The minimum atomic E-state index is -0.645. The highest BCUT2D eigenvalue weighted by Gasteiger charge is 2.25. The fourth-order valence-electron chi connectivity index (χ4n) is 1.28. The van der Waals surface area contributed by atoms with Crippen LogP contribution in [-0.4, -0.2) is 50.8 Å². The fraction of sp³-hybridized carbons (Fsp3) is 0.778. The molecule has 0 unspecified atom stereocenters. The molecule has 1 heterocycles. The molecule has 1 rings (SSSR count). The molecule has 0 aromatic carbocycles. The normalized spacial score (nSPS) is 22.9. The molecule has 1 amide bonds. The van der Waals surface area contributed by atoms with Crippen molar-refractivity contribution in [3.05, 3.63) is 0 Å². The van der Waals surface area contributed by atoms with Crippen molar-refractivity contribution in [1.82, 2.24) is 10.6 Å². The van der Waals surface area contributed by atoms with Crippen molar-refractivity contribution in [2.24, 2.45) is 0 Å². The molecule has 2 atom stereocenters. The maximum Gasteiger partial charge on any atom is 0.328 e. The average Bonchev–Trinajstić information content (AvgIpc) is 2.29. The minimum Gasteiger partial charge on any atom is -0.467 e. The first-order chi connectivity index (χ1) is 7.15. The van der Waals surface area contributed by atoms with E-state index in [9.17, 15) is 9.59 Å². The summed E-state index contributed by atoms with van der Waals surface area (Å²) < 4.78 is 9.72. The van der Waals surface area contributed by atoms with Crippen molar-refractivity contribution in [1.29, 1.82) is 0 Å². The van der Waals surface area contributed by atoms with Gasteiger partial charge in [-0.1, -0.05) is 0 Å². The van der Waals surface area contributed by atoms with E-state index in [1.165, 1.54) is 7.11 Å². The van der Waals surface area contributed by atoms with E-state index in [0.29, 0.717) is 13.2 Å². The van der Waals surface area contributed by atoms with Gasteiger partial charge in [-0.3, -0.25) is 4.79 Å². The van der Waals surface area contributed by atoms with E-state index < -0.39 is 18.1 Å². The van der Waals surface area contributed by atoms with E-state index >= 15 is 0 Å². The molecule has 0 aromatic rings. The summed E-state index contributed by atoms with van der Waals surface area (Å²) >= 11 is 0. The van der Waals surface area contributed by atoms with E-state index in [1.807, 2.05) is 0 Å². The van der Waals surface area contributed by atoms with E-state index in [1.54, 1.807) is 6.92 Å². The number of carbonyl (C=O) groups excluding carboxylic acids is 2. The van der Waals surface area contributed by atoms with Gasteiger partial charge in [0.2, 0.25) is 0 Å². The van der Waals surface area contributed by atoms with E-state index in [4.69, 9.17) is 4.74 Å². The summed E-state index contributed by atoms with van der Waals surface area (Å²) in [5.74, 6) is -0.757.